The van der Waals surface area contributed by atoms with E-state index >= 15 is 0 Å². The van der Waals surface area contributed by atoms with E-state index in [0.717, 1.165) is 24.3 Å². The molecule has 1 aromatic heterocycles. The second kappa shape index (κ2) is 7.95. The van der Waals surface area contributed by atoms with Crippen LogP contribution < -0.4 is 5.32 Å². The third-order valence-corrected chi connectivity index (χ3v) is 5.76. The molecule has 0 aliphatic heterocycles. The fourth-order valence-corrected chi connectivity index (χ4v) is 4.25. The largest absolute Gasteiger partial charge is 0.504 e. The zero-order valence-corrected chi connectivity index (χ0v) is 17.6. The number of fused-ring (bicyclic) bond motifs is 2. The van der Waals surface area contributed by atoms with Crippen LogP contribution in [0, 0.1) is 18.6 Å². The highest BCUT2D eigenvalue weighted by molar-refractivity contribution is 5.91. The Kier molecular flexibility index (Phi) is 5.52. The highest BCUT2D eigenvalue weighted by Gasteiger charge is 2.62. The van der Waals surface area contributed by atoms with Gasteiger partial charge in [0, 0.05) is 35.3 Å². The number of anilines is 1. The maximum absolute atomic E-state index is 14.3. The number of aryl methyl sites for hydroxylation is 1. The van der Waals surface area contributed by atoms with E-state index in [9.17, 15) is 32.2 Å². The lowest BCUT2D eigenvalue weighted by molar-refractivity contribution is -0.265. The number of hydrogen-bond donors (Lipinski definition) is 3. The molecule has 0 spiro atoms. The van der Waals surface area contributed by atoms with Crippen LogP contribution in [0.1, 0.15) is 42.8 Å². The molecule has 3 aromatic rings. The molecule has 0 saturated heterocycles. The first-order chi connectivity index (χ1) is 15.5. The second-order valence-corrected chi connectivity index (χ2v) is 7.98. The lowest BCUT2D eigenvalue weighted by Crippen LogP contribution is -2.54. The van der Waals surface area contributed by atoms with Gasteiger partial charge < -0.3 is 15.5 Å². The zero-order chi connectivity index (χ0) is 24.1. The monoisotopic (exact) mass is 465 g/mol. The number of phenolic OH excluding ortho intramolecular Hbond substituents is 1. The SMILES string of the molecule is CC/C=C1\C[C@](O)(C(F)(F)F)[C@@H](Nc2cc(F)cc3nc(C)ncc23)c2ccc(F)c(O)c21. The maximum atomic E-state index is 14.3. The number of benzene rings is 2. The van der Waals surface area contributed by atoms with Gasteiger partial charge in [-0.25, -0.2) is 18.7 Å². The lowest BCUT2D eigenvalue weighted by atomic mass is 9.72. The summed E-state index contributed by atoms with van der Waals surface area (Å²) in [6, 6.07) is 2.09. The van der Waals surface area contributed by atoms with Gasteiger partial charge in [0.1, 0.15) is 11.6 Å². The van der Waals surface area contributed by atoms with E-state index in [0.29, 0.717) is 12.2 Å². The fourth-order valence-electron chi connectivity index (χ4n) is 4.25. The molecule has 0 unspecified atom stereocenters. The minimum Gasteiger partial charge on any atom is -0.504 e. The molecular formula is C23H20F5N3O2. The summed E-state index contributed by atoms with van der Waals surface area (Å²) in [7, 11) is 0. The highest BCUT2D eigenvalue weighted by atomic mass is 19.4. The Balaban J connectivity index is 1.98. The van der Waals surface area contributed by atoms with Gasteiger partial charge in [-0.3, -0.25) is 0 Å². The number of nitrogens with zero attached hydrogens (tertiary/aromatic N) is 2. The molecule has 0 saturated carbocycles. The normalized spacial score (nSPS) is 21.9. The van der Waals surface area contributed by atoms with Crippen LogP contribution in [0.4, 0.5) is 27.6 Å². The summed E-state index contributed by atoms with van der Waals surface area (Å²) in [5.74, 6) is -2.25. The van der Waals surface area contributed by atoms with Crippen LogP contribution in [-0.4, -0.2) is 32.0 Å². The van der Waals surface area contributed by atoms with Crippen LogP contribution in [0.2, 0.25) is 0 Å². The molecule has 10 heteroatoms. The average molecular weight is 465 g/mol. The van der Waals surface area contributed by atoms with E-state index in [4.69, 9.17) is 0 Å². The van der Waals surface area contributed by atoms with Gasteiger partial charge >= 0.3 is 6.18 Å². The van der Waals surface area contributed by atoms with Crippen molar-refractivity contribution in [3.63, 3.8) is 0 Å². The van der Waals surface area contributed by atoms with Crippen LogP contribution >= 0.6 is 0 Å². The maximum Gasteiger partial charge on any atom is 0.419 e. The Morgan fingerprint density at radius 3 is 2.64 bits per heavy atom. The molecule has 33 heavy (non-hydrogen) atoms. The summed E-state index contributed by atoms with van der Waals surface area (Å²) in [4.78, 5) is 8.13. The van der Waals surface area contributed by atoms with Crippen molar-refractivity contribution >= 4 is 22.2 Å². The molecule has 4 rings (SSSR count). The number of alkyl halides is 3. The summed E-state index contributed by atoms with van der Waals surface area (Å²) in [6.45, 7) is 3.25. The molecule has 3 N–H and O–H groups in total. The quantitative estimate of drug-likeness (QED) is 0.441. The third kappa shape index (κ3) is 3.78. The molecule has 5 nitrogen and oxygen atoms in total. The number of aliphatic hydroxyl groups is 1. The van der Waals surface area contributed by atoms with Crippen molar-refractivity contribution in [2.45, 2.75) is 44.5 Å². The van der Waals surface area contributed by atoms with E-state index in [1.807, 2.05) is 0 Å². The first-order valence-corrected chi connectivity index (χ1v) is 10.2. The Morgan fingerprint density at radius 1 is 1.24 bits per heavy atom. The number of phenols is 1. The summed E-state index contributed by atoms with van der Waals surface area (Å²) in [5, 5.41) is 24.2. The van der Waals surface area contributed by atoms with Gasteiger partial charge in [-0.05, 0) is 36.6 Å². The van der Waals surface area contributed by atoms with Gasteiger partial charge in [-0.1, -0.05) is 19.1 Å². The number of allylic oxidation sites excluding steroid dienone is 1. The van der Waals surface area contributed by atoms with Gasteiger partial charge in [0.2, 0.25) is 0 Å². The Morgan fingerprint density at radius 2 is 1.97 bits per heavy atom. The minimum absolute atomic E-state index is 0.0366. The van der Waals surface area contributed by atoms with Crippen molar-refractivity contribution in [3.8, 4) is 5.75 Å². The van der Waals surface area contributed by atoms with Crippen LogP contribution in [0.5, 0.6) is 5.75 Å². The molecule has 0 fully saturated rings. The molecule has 0 radical (unpaired) electrons. The lowest BCUT2D eigenvalue weighted by Gasteiger charge is -2.44. The van der Waals surface area contributed by atoms with E-state index in [1.54, 1.807) is 13.8 Å². The van der Waals surface area contributed by atoms with Crippen molar-refractivity contribution in [2.75, 3.05) is 5.32 Å². The summed E-state index contributed by atoms with van der Waals surface area (Å²) in [6.07, 6.45) is -3.02. The summed E-state index contributed by atoms with van der Waals surface area (Å²) >= 11 is 0. The Hall–Kier alpha value is -3.27. The van der Waals surface area contributed by atoms with Crippen LogP contribution in [-0.2, 0) is 0 Å². The second-order valence-electron chi connectivity index (χ2n) is 7.98. The number of nitrogens with one attached hydrogen (secondary N) is 1. The third-order valence-electron chi connectivity index (χ3n) is 5.76. The first-order valence-electron chi connectivity index (χ1n) is 10.2. The molecule has 174 valence electrons. The minimum atomic E-state index is -5.12. The fraction of sp³-hybridized carbons (Fsp3) is 0.304. The number of aromatic hydroxyl groups is 1. The van der Waals surface area contributed by atoms with Gasteiger partial charge in [0.05, 0.1) is 11.6 Å². The molecule has 2 aromatic carbocycles. The predicted molar refractivity (Wildman–Crippen MR) is 113 cm³/mol. The van der Waals surface area contributed by atoms with Gasteiger partial charge in [0.15, 0.2) is 17.2 Å². The van der Waals surface area contributed by atoms with E-state index in [-0.39, 0.29) is 33.3 Å². The van der Waals surface area contributed by atoms with Crippen molar-refractivity contribution in [2.24, 2.45) is 0 Å². The Bertz CT molecular complexity index is 1270. The number of halogens is 5. The molecular weight excluding hydrogens is 445 g/mol. The van der Waals surface area contributed by atoms with Crippen molar-refractivity contribution in [1.82, 2.24) is 9.97 Å². The molecule has 1 aliphatic rings. The smallest absolute Gasteiger partial charge is 0.419 e. The average Bonchev–Trinajstić information content (AvgIpc) is 2.71. The van der Waals surface area contributed by atoms with Crippen molar-refractivity contribution in [3.05, 3.63) is 65.1 Å². The van der Waals surface area contributed by atoms with Crippen LogP contribution in [0.15, 0.2) is 36.5 Å². The van der Waals surface area contributed by atoms with Gasteiger partial charge in [-0.2, -0.15) is 13.2 Å². The standard InChI is InChI=1S/C23H20F5N3O2/c1-3-4-12-9-22(33,23(26,27)28)21(14-5-6-16(25)20(32)19(12)14)31-18-8-13(24)7-17-15(18)10-29-11(2)30-17/h4-8,10,21,31-33H,3,9H2,1-2H3/b12-4+/t21-,22+/m0/s1. The number of hydrogen-bond acceptors (Lipinski definition) is 5. The van der Waals surface area contributed by atoms with E-state index in [1.165, 1.54) is 12.3 Å². The number of aromatic nitrogens is 2. The van der Waals surface area contributed by atoms with Crippen molar-refractivity contribution in [1.29, 1.82) is 0 Å². The van der Waals surface area contributed by atoms with Crippen LogP contribution in [0.25, 0.3) is 16.5 Å². The first kappa shape index (κ1) is 22.9. The van der Waals surface area contributed by atoms with E-state index < -0.39 is 41.6 Å². The summed E-state index contributed by atoms with van der Waals surface area (Å²) in [5.41, 5.74) is -3.61. The predicted octanol–water partition coefficient (Wildman–Crippen LogP) is 5.57. The Labute approximate surface area is 185 Å². The topological polar surface area (TPSA) is 78.3 Å². The van der Waals surface area contributed by atoms with Gasteiger partial charge in [-0.15, -0.1) is 0 Å². The number of rotatable bonds is 3. The van der Waals surface area contributed by atoms with Crippen LogP contribution in [0.3, 0.4) is 0 Å². The summed E-state index contributed by atoms with van der Waals surface area (Å²) < 4.78 is 71.2. The van der Waals surface area contributed by atoms with Crippen molar-refractivity contribution < 1.29 is 32.2 Å². The zero-order valence-electron chi connectivity index (χ0n) is 17.6. The molecule has 1 heterocycles. The van der Waals surface area contributed by atoms with E-state index in [2.05, 4.69) is 15.3 Å². The molecule has 0 bridgehead atoms. The molecule has 1 aliphatic carbocycles. The molecule has 0 amide bonds. The van der Waals surface area contributed by atoms with Gasteiger partial charge in [0.25, 0.3) is 0 Å². The highest BCUT2D eigenvalue weighted by Crippen LogP contribution is 2.54. The molecule has 2 atom stereocenters.